The van der Waals surface area contributed by atoms with E-state index in [1.807, 2.05) is 0 Å². The van der Waals surface area contributed by atoms with Crippen LogP contribution in [-0.2, 0) is 32.1 Å². The van der Waals surface area contributed by atoms with Gasteiger partial charge in [0.1, 0.15) is 12.4 Å². The van der Waals surface area contributed by atoms with E-state index < -0.39 is 77.1 Å². The first-order chi connectivity index (χ1) is 16.9. The van der Waals surface area contributed by atoms with Crippen molar-refractivity contribution in [2.24, 2.45) is 29.4 Å². The Hall–Kier alpha value is -3.02. The lowest BCUT2D eigenvalue weighted by Gasteiger charge is -2.52. The number of nitrogens with one attached hydrogen (secondary N) is 1. The first-order valence-electron chi connectivity index (χ1n) is 11.8. The molecule has 4 rings (SSSR count). The van der Waals surface area contributed by atoms with Gasteiger partial charge in [-0.15, -0.1) is 0 Å². The maximum Gasteiger partial charge on any atom is 0.235 e. The molecular formula is C25H30FN3O7. The average molecular weight is 504 g/mol. The van der Waals surface area contributed by atoms with E-state index in [0.29, 0.717) is 11.1 Å². The van der Waals surface area contributed by atoms with Crippen molar-refractivity contribution in [3.05, 3.63) is 28.8 Å². The highest BCUT2D eigenvalue weighted by molar-refractivity contribution is 6.32. The van der Waals surface area contributed by atoms with E-state index in [4.69, 9.17) is 5.73 Å². The number of Topliss-reactive ketones (excluding diaryl/α,β-unsaturated/α-hetero) is 4. The lowest BCUT2D eigenvalue weighted by atomic mass is 9.52. The fraction of sp³-hybridized carbons (Fsp3) is 0.560. The van der Waals surface area contributed by atoms with Crippen molar-refractivity contribution in [1.82, 2.24) is 10.2 Å². The second-order valence-corrected chi connectivity index (χ2v) is 10.3. The van der Waals surface area contributed by atoms with E-state index in [-0.39, 0.29) is 30.7 Å². The minimum absolute atomic E-state index is 0.0205. The number of halogens is 1. The third-order valence-electron chi connectivity index (χ3n) is 7.91. The number of benzene rings is 1. The summed E-state index contributed by atoms with van der Waals surface area (Å²) in [5.74, 6) is -10.8. The van der Waals surface area contributed by atoms with Crippen molar-refractivity contribution >= 4 is 29.0 Å². The predicted octanol–water partition coefficient (Wildman–Crippen LogP) is -0.685. The van der Waals surface area contributed by atoms with Crippen LogP contribution in [0.4, 0.5) is 4.39 Å². The minimum Gasteiger partial charge on any atom is -0.507 e. The molecule has 7 atom stereocenters. The quantitative estimate of drug-likeness (QED) is 0.368. The van der Waals surface area contributed by atoms with Crippen LogP contribution in [0.15, 0.2) is 12.1 Å². The fourth-order valence-electron chi connectivity index (χ4n) is 6.17. The van der Waals surface area contributed by atoms with Crippen molar-refractivity contribution in [3.8, 4) is 5.75 Å². The highest BCUT2D eigenvalue weighted by Crippen LogP contribution is 2.50. The normalized spacial score (nSPS) is 32.7. The maximum atomic E-state index is 13.7. The Balaban J connectivity index is 1.81. The summed E-state index contributed by atoms with van der Waals surface area (Å²) >= 11 is 0. The summed E-state index contributed by atoms with van der Waals surface area (Å²) in [5.41, 5.74) is 3.63. The number of hydrogen-bond donors (Lipinski definition) is 4. The average Bonchev–Trinajstić information content (AvgIpc) is 2.80. The van der Waals surface area contributed by atoms with Crippen molar-refractivity contribution in [2.45, 2.75) is 44.0 Å². The number of fused-ring (bicyclic) bond motifs is 3. The molecule has 194 valence electrons. The highest BCUT2D eigenvalue weighted by atomic mass is 19.1. The number of hydrogen-bond acceptors (Lipinski definition) is 9. The smallest absolute Gasteiger partial charge is 0.235 e. The first-order valence-corrected chi connectivity index (χ1v) is 11.8. The fourth-order valence-corrected chi connectivity index (χ4v) is 6.17. The lowest BCUT2D eigenvalue weighted by molar-refractivity contribution is -0.181. The Morgan fingerprint density at radius 2 is 1.92 bits per heavy atom. The van der Waals surface area contributed by atoms with Crippen LogP contribution in [0, 0.1) is 23.7 Å². The van der Waals surface area contributed by atoms with Crippen LogP contribution in [-0.4, -0.2) is 82.6 Å². The molecule has 1 aromatic rings. The zero-order valence-electron chi connectivity index (χ0n) is 20.3. The molecule has 0 radical (unpaired) electrons. The molecule has 0 spiro atoms. The number of primary amides is 1. The van der Waals surface area contributed by atoms with Gasteiger partial charge in [0.2, 0.25) is 5.91 Å². The third kappa shape index (κ3) is 3.68. The second-order valence-electron chi connectivity index (χ2n) is 10.3. The number of carbonyl (C=O) groups excluding carboxylic acids is 5. The molecule has 2 fully saturated rings. The van der Waals surface area contributed by atoms with Gasteiger partial charge >= 0.3 is 0 Å². The zero-order valence-corrected chi connectivity index (χ0v) is 20.3. The number of ketones is 4. The topological polar surface area (TPSA) is 167 Å². The summed E-state index contributed by atoms with van der Waals surface area (Å²) in [6.45, 7) is 1.28. The molecule has 4 unspecified atom stereocenters. The van der Waals surface area contributed by atoms with E-state index in [2.05, 4.69) is 5.32 Å². The number of aromatic hydroxyl groups is 1. The summed E-state index contributed by atoms with van der Waals surface area (Å²) in [6, 6.07) is 1.34. The van der Waals surface area contributed by atoms with Gasteiger partial charge in [0.15, 0.2) is 34.7 Å². The summed E-state index contributed by atoms with van der Waals surface area (Å²) in [4.78, 5) is 67.1. The largest absolute Gasteiger partial charge is 0.507 e. The number of phenols is 1. The number of phenolic OH excluding ortho intramolecular Hbond substituents is 1. The molecule has 1 aromatic carbocycles. The number of aliphatic hydroxyl groups is 1. The van der Waals surface area contributed by atoms with E-state index in [0.717, 1.165) is 0 Å². The van der Waals surface area contributed by atoms with Crippen molar-refractivity contribution in [2.75, 3.05) is 20.8 Å². The molecular weight excluding hydrogens is 473 g/mol. The van der Waals surface area contributed by atoms with Crippen molar-refractivity contribution < 1.29 is 38.6 Å². The van der Waals surface area contributed by atoms with Crippen LogP contribution in [0.3, 0.4) is 0 Å². The lowest BCUT2D eigenvalue weighted by Crippen LogP contribution is -2.74. The molecule has 0 saturated heterocycles. The molecule has 0 heterocycles. The van der Waals surface area contributed by atoms with Crippen LogP contribution >= 0.6 is 0 Å². The van der Waals surface area contributed by atoms with Crippen molar-refractivity contribution in [3.63, 3.8) is 0 Å². The van der Waals surface area contributed by atoms with E-state index in [9.17, 15) is 38.6 Å². The van der Waals surface area contributed by atoms with Gasteiger partial charge in [0.25, 0.3) is 0 Å². The number of nitrogens with zero attached hydrogens (tertiary/aromatic N) is 1. The van der Waals surface area contributed by atoms with Crippen LogP contribution in [0.2, 0.25) is 0 Å². The Bertz CT molecular complexity index is 1170. The Labute approximate surface area is 207 Å². The van der Waals surface area contributed by atoms with E-state index >= 15 is 0 Å². The van der Waals surface area contributed by atoms with Gasteiger partial charge in [-0.25, -0.2) is 4.39 Å². The Kier molecular flexibility index (Phi) is 6.61. The van der Waals surface area contributed by atoms with Crippen LogP contribution < -0.4 is 11.1 Å². The molecule has 3 aliphatic rings. The zero-order chi connectivity index (χ0) is 26.7. The molecule has 5 N–H and O–H groups in total. The van der Waals surface area contributed by atoms with Crippen molar-refractivity contribution in [1.29, 1.82) is 0 Å². The molecule has 0 aromatic heterocycles. The van der Waals surface area contributed by atoms with Gasteiger partial charge in [-0.1, -0.05) is 6.07 Å². The number of alkyl halides is 1. The van der Waals surface area contributed by atoms with Gasteiger partial charge < -0.3 is 21.3 Å². The van der Waals surface area contributed by atoms with E-state index in [1.165, 1.54) is 25.1 Å². The number of likely N-dealkylation sites (N-methyl/N-ethyl adjacent to an activating group) is 1. The van der Waals surface area contributed by atoms with Gasteiger partial charge in [-0.3, -0.25) is 28.9 Å². The number of rotatable bonds is 6. The van der Waals surface area contributed by atoms with Gasteiger partial charge in [0, 0.05) is 18.5 Å². The molecule has 3 aliphatic carbocycles. The SMILES string of the molecule is CC(CF)NCc1ccc(O)c2c1C[C@H]1C[C@H]3C(N(C)C)C(=O)C(C(N)=O)C(=O)[C@@]3(O)C(=O)C1C2=O. The monoisotopic (exact) mass is 503 g/mol. The standard InChI is InChI=1S/C25H30FN3O7/c1-10(8-26)28-9-11-4-5-15(30)17-13(11)6-12-7-14-19(29(2)3)21(32)18(24(27)35)23(34)25(14,36)22(33)16(12)20(17)31/h4-5,10,12,14,16,18-19,28,30,36H,6-9H2,1-3H3,(H2,27,35)/t10?,12-,14-,16?,18?,19?,25-/m0/s1. The Morgan fingerprint density at radius 3 is 2.50 bits per heavy atom. The van der Waals surface area contributed by atoms with Gasteiger partial charge in [-0.05, 0) is 57.0 Å². The second kappa shape index (κ2) is 9.13. The number of nitrogens with two attached hydrogens (primary N) is 1. The maximum absolute atomic E-state index is 13.7. The predicted molar refractivity (Wildman–Crippen MR) is 124 cm³/mol. The molecule has 2 saturated carbocycles. The summed E-state index contributed by atoms with van der Waals surface area (Å²) in [5, 5.41) is 25.0. The summed E-state index contributed by atoms with van der Waals surface area (Å²) in [7, 11) is 3.06. The number of carbonyl (C=O) groups is 5. The van der Waals surface area contributed by atoms with Gasteiger partial charge in [-0.2, -0.15) is 0 Å². The molecule has 0 bridgehead atoms. The van der Waals surface area contributed by atoms with E-state index in [1.54, 1.807) is 13.0 Å². The van der Waals surface area contributed by atoms with Crippen LogP contribution in [0.1, 0.15) is 34.8 Å². The van der Waals surface area contributed by atoms with Crippen LogP contribution in [0.5, 0.6) is 5.75 Å². The summed E-state index contributed by atoms with van der Waals surface area (Å²) in [6.07, 6.45) is 0.147. The number of amides is 1. The Morgan fingerprint density at radius 1 is 1.25 bits per heavy atom. The molecule has 11 heteroatoms. The minimum atomic E-state index is -2.75. The highest BCUT2D eigenvalue weighted by Gasteiger charge is 2.69. The first kappa shape index (κ1) is 26.1. The molecule has 1 amide bonds. The third-order valence-corrected chi connectivity index (χ3v) is 7.91. The van der Waals surface area contributed by atoms with Crippen LogP contribution in [0.25, 0.3) is 0 Å². The molecule has 10 nitrogen and oxygen atoms in total. The molecule has 0 aliphatic heterocycles. The van der Waals surface area contributed by atoms with Gasteiger partial charge in [0.05, 0.1) is 17.5 Å². The summed E-state index contributed by atoms with van der Waals surface area (Å²) < 4.78 is 12.9. The molecule has 36 heavy (non-hydrogen) atoms.